The van der Waals surface area contributed by atoms with Gasteiger partial charge in [0.05, 0.1) is 24.0 Å². The number of thiophene rings is 1. The van der Waals surface area contributed by atoms with Gasteiger partial charge in [0, 0.05) is 22.2 Å². The molecule has 3 heterocycles. The van der Waals surface area contributed by atoms with Gasteiger partial charge in [-0.2, -0.15) is 0 Å². The second-order valence-corrected chi connectivity index (χ2v) is 7.98. The number of halogens is 1. The number of ketones is 2. The Morgan fingerprint density at radius 3 is 2.53 bits per heavy atom. The molecule has 0 spiro atoms. The average Bonchev–Trinajstić information content (AvgIpc) is 3.26. The third-order valence-electron chi connectivity index (χ3n) is 5.10. The molecule has 0 saturated heterocycles. The van der Waals surface area contributed by atoms with E-state index in [1.165, 1.54) is 41.3 Å². The van der Waals surface area contributed by atoms with Crippen LogP contribution in [0.15, 0.2) is 40.8 Å². The van der Waals surface area contributed by atoms with Crippen molar-refractivity contribution in [1.82, 2.24) is 14.5 Å². The van der Waals surface area contributed by atoms with E-state index in [0.29, 0.717) is 43.9 Å². The number of aromatic amines is 1. The molecule has 0 fully saturated rings. The lowest BCUT2D eigenvalue weighted by Crippen LogP contribution is -2.25. The summed E-state index contributed by atoms with van der Waals surface area (Å²) in [6.07, 6.45) is 1.35. The van der Waals surface area contributed by atoms with Crippen LogP contribution in [0.5, 0.6) is 0 Å². The van der Waals surface area contributed by atoms with Crippen molar-refractivity contribution < 1.29 is 14.0 Å². The summed E-state index contributed by atoms with van der Waals surface area (Å²) in [7, 11) is 0. The molecule has 4 rings (SSSR count). The van der Waals surface area contributed by atoms with E-state index >= 15 is 0 Å². The summed E-state index contributed by atoms with van der Waals surface area (Å²) in [5, 5.41) is 2.20. The molecule has 152 valence electrons. The number of hydrogen-bond acceptors (Lipinski definition) is 5. The standard InChI is InChI=1S/C22H18FN3O3S/c1-11-18(13(3)27)12(2)25-20(11)17(28)8-26-10-24-21-19(22(26)29)16(9-30-21)14-4-6-15(23)7-5-14/h4-7,9-10,25H,8H2,1-3H3. The maximum Gasteiger partial charge on any atom is 0.263 e. The Bertz CT molecular complexity index is 1360. The van der Waals surface area contributed by atoms with E-state index in [4.69, 9.17) is 0 Å². The van der Waals surface area contributed by atoms with Gasteiger partial charge >= 0.3 is 0 Å². The smallest absolute Gasteiger partial charge is 0.263 e. The number of nitrogens with one attached hydrogen (secondary N) is 1. The van der Waals surface area contributed by atoms with Crippen molar-refractivity contribution in [2.75, 3.05) is 0 Å². The summed E-state index contributed by atoms with van der Waals surface area (Å²) in [5.74, 6) is -0.798. The fourth-order valence-corrected chi connectivity index (χ4v) is 4.62. The number of H-pyrrole nitrogens is 1. The molecule has 1 N–H and O–H groups in total. The van der Waals surface area contributed by atoms with Crippen molar-refractivity contribution in [1.29, 1.82) is 0 Å². The van der Waals surface area contributed by atoms with Gasteiger partial charge < -0.3 is 4.98 Å². The Morgan fingerprint density at radius 1 is 1.20 bits per heavy atom. The molecule has 0 bridgehead atoms. The first-order valence-corrected chi connectivity index (χ1v) is 10.1. The Balaban J connectivity index is 1.75. The molecule has 0 amide bonds. The van der Waals surface area contributed by atoms with Crippen LogP contribution in [0.4, 0.5) is 4.39 Å². The normalized spacial score (nSPS) is 11.2. The highest BCUT2D eigenvalue weighted by molar-refractivity contribution is 7.17. The lowest BCUT2D eigenvalue weighted by molar-refractivity contribution is 0.0965. The molecule has 4 aromatic rings. The second-order valence-electron chi connectivity index (χ2n) is 7.12. The first kappa shape index (κ1) is 19.9. The van der Waals surface area contributed by atoms with Crippen LogP contribution in [0.2, 0.25) is 0 Å². The summed E-state index contributed by atoms with van der Waals surface area (Å²) in [4.78, 5) is 45.7. The number of rotatable bonds is 5. The van der Waals surface area contributed by atoms with Gasteiger partial charge in [-0.3, -0.25) is 19.0 Å². The number of Topliss-reactive ketones (excluding diaryl/α,β-unsaturated/α-hetero) is 2. The molecule has 0 saturated carbocycles. The quantitative estimate of drug-likeness (QED) is 0.485. The van der Waals surface area contributed by atoms with Gasteiger partial charge in [0.2, 0.25) is 0 Å². The van der Waals surface area contributed by atoms with E-state index in [1.54, 1.807) is 31.4 Å². The SMILES string of the molecule is CC(=O)c1c(C)[nH]c(C(=O)Cn2cnc3scc(-c4ccc(F)cc4)c3c2=O)c1C. The molecule has 0 aliphatic heterocycles. The van der Waals surface area contributed by atoms with Crippen LogP contribution in [0.3, 0.4) is 0 Å². The number of carbonyl (C=O) groups is 2. The highest BCUT2D eigenvalue weighted by Crippen LogP contribution is 2.30. The predicted octanol–water partition coefficient (Wildman–Crippen LogP) is 4.29. The Labute approximate surface area is 175 Å². The van der Waals surface area contributed by atoms with Crippen molar-refractivity contribution in [3.63, 3.8) is 0 Å². The topological polar surface area (TPSA) is 84.8 Å². The highest BCUT2D eigenvalue weighted by Gasteiger charge is 2.21. The van der Waals surface area contributed by atoms with Crippen LogP contribution in [-0.2, 0) is 6.54 Å². The Hall–Kier alpha value is -3.39. The minimum Gasteiger partial charge on any atom is -0.355 e. The van der Waals surface area contributed by atoms with Crippen LogP contribution >= 0.6 is 11.3 Å². The van der Waals surface area contributed by atoms with Gasteiger partial charge in [0.15, 0.2) is 11.6 Å². The largest absolute Gasteiger partial charge is 0.355 e. The van der Waals surface area contributed by atoms with Crippen LogP contribution in [-0.4, -0.2) is 26.1 Å². The number of aromatic nitrogens is 3. The lowest BCUT2D eigenvalue weighted by atomic mass is 10.1. The number of benzene rings is 1. The van der Waals surface area contributed by atoms with E-state index in [2.05, 4.69) is 9.97 Å². The summed E-state index contributed by atoms with van der Waals surface area (Å²) < 4.78 is 14.5. The second kappa shape index (κ2) is 7.46. The van der Waals surface area contributed by atoms with Gasteiger partial charge in [0.25, 0.3) is 5.56 Å². The summed E-state index contributed by atoms with van der Waals surface area (Å²) in [6.45, 7) is 4.69. The van der Waals surface area contributed by atoms with Crippen LogP contribution in [0.25, 0.3) is 21.3 Å². The maximum atomic E-state index is 13.3. The van der Waals surface area contributed by atoms with Crippen molar-refractivity contribution >= 4 is 33.1 Å². The number of fused-ring (bicyclic) bond motifs is 1. The third kappa shape index (κ3) is 3.29. The zero-order chi connectivity index (χ0) is 21.6. The summed E-state index contributed by atoms with van der Waals surface area (Å²) >= 11 is 1.32. The first-order valence-electron chi connectivity index (χ1n) is 9.23. The first-order chi connectivity index (χ1) is 14.3. The third-order valence-corrected chi connectivity index (χ3v) is 5.98. The van der Waals surface area contributed by atoms with E-state index in [1.807, 2.05) is 0 Å². The molecule has 0 radical (unpaired) electrons. The van der Waals surface area contributed by atoms with E-state index in [9.17, 15) is 18.8 Å². The Kier molecular flexibility index (Phi) is 4.95. The van der Waals surface area contributed by atoms with Gasteiger partial charge in [0.1, 0.15) is 10.6 Å². The minimum absolute atomic E-state index is 0.122. The molecule has 0 aliphatic rings. The fraction of sp³-hybridized carbons (Fsp3) is 0.182. The van der Waals surface area contributed by atoms with Gasteiger partial charge in [-0.05, 0) is 44.0 Å². The maximum absolute atomic E-state index is 13.3. The van der Waals surface area contributed by atoms with Crippen LogP contribution in [0, 0.1) is 19.7 Å². The molecule has 3 aromatic heterocycles. The summed E-state index contributed by atoms with van der Waals surface area (Å²) in [5.41, 5.74) is 3.02. The molecule has 30 heavy (non-hydrogen) atoms. The molecule has 6 nitrogen and oxygen atoms in total. The van der Waals surface area contributed by atoms with Crippen molar-refractivity contribution in [3.05, 3.63) is 74.7 Å². The minimum atomic E-state index is -0.360. The molecular weight excluding hydrogens is 405 g/mol. The predicted molar refractivity (Wildman–Crippen MR) is 114 cm³/mol. The van der Waals surface area contributed by atoms with E-state index < -0.39 is 0 Å². The van der Waals surface area contributed by atoms with Gasteiger partial charge in [-0.15, -0.1) is 11.3 Å². The zero-order valence-corrected chi connectivity index (χ0v) is 17.4. The molecular formula is C22H18FN3O3S. The van der Waals surface area contributed by atoms with Crippen molar-refractivity contribution in [2.24, 2.45) is 0 Å². The number of nitrogens with zero attached hydrogens (tertiary/aromatic N) is 2. The molecule has 8 heteroatoms. The van der Waals surface area contributed by atoms with Crippen molar-refractivity contribution in [2.45, 2.75) is 27.3 Å². The lowest BCUT2D eigenvalue weighted by Gasteiger charge is -2.06. The number of aryl methyl sites for hydroxylation is 1. The van der Waals surface area contributed by atoms with Gasteiger partial charge in [-0.1, -0.05) is 12.1 Å². The van der Waals surface area contributed by atoms with E-state index in [0.717, 1.165) is 0 Å². The molecule has 0 aliphatic carbocycles. The monoisotopic (exact) mass is 423 g/mol. The molecule has 0 atom stereocenters. The highest BCUT2D eigenvalue weighted by atomic mass is 32.1. The van der Waals surface area contributed by atoms with Gasteiger partial charge in [-0.25, -0.2) is 9.37 Å². The van der Waals surface area contributed by atoms with E-state index in [-0.39, 0.29) is 29.5 Å². The molecule has 0 unspecified atom stereocenters. The summed E-state index contributed by atoms with van der Waals surface area (Å²) in [6, 6.07) is 5.88. The molecule has 1 aromatic carbocycles. The zero-order valence-electron chi connectivity index (χ0n) is 16.6. The Morgan fingerprint density at radius 2 is 1.90 bits per heavy atom. The fourth-order valence-electron chi connectivity index (χ4n) is 3.71. The number of hydrogen-bond donors (Lipinski definition) is 1. The van der Waals surface area contributed by atoms with Crippen LogP contribution in [0.1, 0.15) is 39.0 Å². The van der Waals surface area contributed by atoms with Crippen LogP contribution < -0.4 is 5.56 Å². The average molecular weight is 423 g/mol. The number of carbonyl (C=O) groups excluding carboxylic acids is 2. The van der Waals surface area contributed by atoms with Crippen molar-refractivity contribution in [3.8, 4) is 11.1 Å².